The highest BCUT2D eigenvalue weighted by atomic mass is 32.2. The van der Waals surface area contributed by atoms with Gasteiger partial charge in [0, 0.05) is 11.3 Å². The summed E-state index contributed by atoms with van der Waals surface area (Å²) in [6.45, 7) is -0.0937. The van der Waals surface area contributed by atoms with Crippen LogP contribution in [-0.2, 0) is 26.1 Å². The van der Waals surface area contributed by atoms with Crippen molar-refractivity contribution in [3.05, 3.63) is 89.2 Å². The van der Waals surface area contributed by atoms with Gasteiger partial charge in [0.25, 0.3) is 15.9 Å². The van der Waals surface area contributed by atoms with Crippen molar-refractivity contribution < 1.29 is 22.7 Å². The summed E-state index contributed by atoms with van der Waals surface area (Å²) < 4.78 is 34.9. The summed E-state index contributed by atoms with van der Waals surface area (Å²) in [4.78, 5) is 29.5. The van der Waals surface area contributed by atoms with E-state index in [-0.39, 0.29) is 22.7 Å². The van der Waals surface area contributed by atoms with Gasteiger partial charge in [0.1, 0.15) is 6.54 Å². The smallest absolute Gasteiger partial charge is 0.325 e. The lowest BCUT2D eigenvalue weighted by Gasteiger charge is -2.08. The Labute approximate surface area is 193 Å². The van der Waals surface area contributed by atoms with Gasteiger partial charge in [0.15, 0.2) is 4.80 Å². The third-order valence-electron chi connectivity index (χ3n) is 4.72. The molecule has 0 aliphatic heterocycles. The summed E-state index contributed by atoms with van der Waals surface area (Å²) in [5, 5.41) is 0. The van der Waals surface area contributed by atoms with Gasteiger partial charge in [-0.1, -0.05) is 47.7 Å². The zero-order valence-electron chi connectivity index (χ0n) is 17.5. The molecular weight excluding hydrogens is 462 g/mol. The van der Waals surface area contributed by atoms with Gasteiger partial charge in [-0.25, -0.2) is 8.42 Å². The minimum absolute atomic E-state index is 0.0937. The molecule has 0 saturated carbocycles. The summed E-state index contributed by atoms with van der Waals surface area (Å²) >= 11 is 1.27. The van der Waals surface area contributed by atoms with Crippen LogP contribution in [0.15, 0.2) is 88.8 Å². The summed E-state index contributed by atoms with van der Waals surface area (Å²) in [7, 11) is -2.51. The fourth-order valence-electron chi connectivity index (χ4n) is 3.13. The molecule has 0 saturated heterocycles. The number of methoxy groups -OCH3 is 1. The number of para-hydroxylation sites is 1. The van der Waals surface area contributed by atoms with Crippen molar-refractivity contribution in [3.63, 3.8) is 0 Å². The largest absolute Gasteiger partial charge is 0.468 e. The molecule has 1 aromatic heterocycles. The van der Waals surface area contributed by atoms with Crippen molar-refractivity contribution in [2.45, 2.75) is 11.4 Å². The maximum atomic E-state index is 12.9. The normalized spacial score (nSPS) is 12.0. The Hall–Kier alpha value is -3.76. The molecule has 10 heteroatoms. The number of benzene rings is 3. The van der Waals surface area contributed by atoms with E-state index in [2.05, 4.69) is 9.71 Å². The van der Waals surface area contributed by atoms with Gasteiger partial charge in [-0.3, -0.25) is 14.3 Å². The molecule has 0 aliphatic carbocycles. The zero-order chi connectivity index (χ0) is 23.4. The first kappa shape index (κ1) is 22.4. The van der Waals surface area contributed by atoms with Crippen molar-refractivity contribution in [1.29, 1.82) is 0 Å². The third kappa shape index (κ3) is 5.02. The van der Waals surface area contributed by atoms with Crippen LogP contribution >= 0.6 is 11.3 Å². The maximum Gasteiger partial charge on any atom is 0.325 e. The van der Waals surface area contributed by atoms with Crippen LogP contribution in [0.2, 0.25) is 0 Å². The Morgan fingerprint density at radius 1 is 1.00 bits per heavy atom. The number of sulfonamides is 1. The molecular formula is C23H19N3O5S2. The number of nitrogens with one attached hydrogen (secondary N) is 1. The molecule has 0 unspecified atom stereocenters. The van der Waals surface area contributed by atoms with E-state index >= 15 is 0 Å². The molecule has 0 radical (unpaired) electrons. The quantitative estimate of drug-likeness (QED) is 0.425. The monoisotopic (exact) mass is 481 g/mol. The SMILES string of the molecule is COC(=O)Cn1c(=NC(=O)c2cccc(NS(=O)(=O)c3ccccc3)c2)sc2ccccc21. The van der Waals surface area contributed by atoms with Crippen molar-refractivity contribution in [1.82, 2.24) is 4.57 Å². The number of rotatable bonds is 6. The number of thiazole rings is 1. The molecule has 4 aromatic rings. The van der Waals surface area contributed by atoms with Gasteiger partial charge >= 0.3 is 5.97 Å². The number of aromatic nitrogens is 1. The lowest BCUT2D eigenvalue weighted by atomic mass is 10.2. The highest BCUT2D eigenvalue weighted by Crippen LogP contribution is 2.19. The lowest BCUT2D eigenvalue weighted by molar-refractivity contribution is -0.141. The van der Waals surface area contributed by atoms with Gasteiger partial charge in [0.05, 0.1) is 22.2 Å². The number of fused-ring (bicyclic) bond motifs is 1. The number of anilines is 1. The number of carbonyl (C=O) groups excluding carboxylic acids is 2. The lowest BCUT2D eigenvalue weighted by Crippen LogP contribution is -2.22. The van der Waals surface area contributed by atoms with E-state index in [1.54, 1.807) is 41.0 Å². The second kappa shape index (κ2) is 9.39. The van der Waals surface area contributed by atoms with Crippen molar-refractivity contribution >= 4 is 49.1 Å². The minimum Gasteiger partial charge on any atom is -0.468 e. The third-order valence-corrected chi connectivity index (χ3v) is 7.17. The van der Waals surface area contributed by atoms with Gasteiger partial charge in [-0.15, -0.1) is 0 Å². The molecule has 0 spiro atoms. The molecule has 1 N–H and O–H groups in total. The van der Waals surface area contributed by atoms with E-state index in [4.69, 9.17) is 4.74 Å². The van der Waals surface area contributed by atoms with Gasteiger partial charge in [-0.05, 0) is 42.5 Å². The highest BCUT2D eigenvalue weighted by molar-refractivity contribution is 7.92. The summed E-state index contributed by atoms with van der Waals surface area (Å²) in [6, 6.07) is 21.4. The van der Waals surface area contributed by atoms with Gasteiger partial charge in [-0.2, -0.15) is 4.99 Å². The molecule has 0 atom stereocenters. The number of hydrogen-bond donors (Lipinski definition) is 1. The van der Waals surface area contributed by atoms with Crippen LogP contribution in [0.4, 0.5) is 5.69 Å². The van der Waals surface area contributed by atoms with E-state index in [0.717, 1.165) is 10.2 Å². The second-order valence-corrected chi connectivity index (χ2v) is 9.62. The number of ether oxygens (including phenoxy) is 1. The molecule has 168 valence electrons. The predicted octanol–water partition coefficient (Wildman–Crippen LogP) is 3.42. The van der Waals surface area contributed by atoms with Crippen LogP contribution in [0.5, 0.6) is 0 Å². The first-order chi connectivity index (χ1) is 15.9. The Morgan fingerprint density at radius 3 is 2.48 bits per heavy atom. The molecule has 0 fully saturated rings. The van der Waals surface area contributed by atoms with Gasteiger partial charge in [0.2, 0.25) is 0 Å². The Balaban J connectivity index is 1.68. The standard InChI is InChI=1S/C23H19N3O5S2/c1-31-21(27)15-26-19-12-5-6-13-20(19)32-23(26)24-22(28)16-8-7-9-17(14-16)25-33(29,30)18-10-3-2-4-11-18/h2-14,25H,15H2,1H3. The Bertz CT molecular complexity index is 1510. The fourth-order valence-corrected chi connectivity index (χ4v) is 5.23. The highest BCUT2D eigenvalue weighted by Gasteiger charge is 2.15. The van der Waals surface area contributed by atoms with Crippen LogP contribution in [0.3, 0.4) is 0 Å². The predicted molar refractivity (Wildman–Crippen MR) is 125 cm³/mol. The van der Waals surface area contributed by atoms with Crippen LogP contribution in [0.1, 0.15) is 10.4 Å². The van der Waals surface area contributed by atoms with Crippen molar-refractivity contribution in [3.8, 4) is 0 Å². The summed E-state index contributed by atoms with van der Waals surface area (Å²) in [5.41, 5.74) is 1.19. The first-order valence-electron chi connectivity index (χ1n) is 9.79. The molecule has 1 amide bonds. The van der Waals surface area contributed by atoms with Crippen molar-refractivity contribution in [2.75, 3.05) is 11.8 Å². The average molecular weight is 482 g/mol. The van der Waals surface area contributed by atoms with E-state index < -0.39 is 21.9 Å². The topological polar surface area (TPSA) is 107 Å². The van der Waals surface area contributed by atoms with E-state index in [1.807, 2.05) is 24.3 Å². The van der Waals surface area contributed by atoms with E-state index in [9.17, 15) is 18.0 Å². The molecule has 8 nitrogen and oxygen atoms in total. The molecule has 3 aromatic carbocycles. The number of esters is 1. The van der Waals surface area contributed by atoms with Crippen LogP contribution in [0.25, 0.3) is 10.2 Å². The number of carbonyl (C=O) groups is 2. The van der Waals surface area contributed by atoms with E-state index in [0.29, 0.717) is 4.80 Å². The Morgan fingerprint density at radius 2 is 1.73 bits per heavy atom. The maximum absolute atomic E-state index is 12.9. The molecule has 4 rings (SSSR count). The van der Waals surface area contributed by atoms with Crippen molar-refractivity contribution in [2.24, 2.45) is 4.99 Å². The van der Waals surface area contributed by atoms with Crippen LogP contribution in [-0.4, -0.2) is 32.0 Å². The minimum atomic E-state index is -3.80. The number of nitrogens with zero attached hydrogens (tertiary/aromatic N) is 2. The molecule has 0 aliphatic rings. The number of amides is 1. The number of hydrogen-bond acceptors (Lipinski definition) is 6. The van der Waals surface area contributed by atoms with Crippen LogP contribution in [0, 0.1) is 0 Å². The summed E-state index contributed by atoms with van der Waals surface area (Å²) in [6.07, 6.45) is 0. The average Bonchev–Trinajstić information content (AvgIpc) is 3.16. The van der Waals surface area contributed by atoms with Gasteiger partial charge < -0.3 is 9.30 Å². The second-order valence-electron chi connectivity index (χ2n) is 6.93. The first-order valence-corrected chi connectivity index (χ1v) is 12.1. The molecule has 33 heavy (non-hydrogen) atoms. The fraction of sp³-hybridized carbons (Fsp3) is 0.0870. The molecule has 0 bridgehead atoms. The van der Waals surface area contributed by atoms with E-state index in [1.165, 1.54) is 36.6 Å². The summed E-state index contributed by atoms with van der Waals surface area (Å²) in [5.74, 6) is -1.04. The Kier molecular flexibility index (Phi) is 6.38. The molecule has 1 heterocycles. The van der Waals surface area contributed by atoms with Crippen LogP contribution < -0.4 is 9.52 Å². The zero-order valence-corrected chi connectivity index (χ0v) is 19.1.